The van der Waals surface area contributed by atoms with Crippen LogP contribution in [0.3, 0.4) is 0 Å². The highest BCUT2D eigenvalue weighted by molar-refractivity contribution is 7.89. The Balaban J connectivity index is 1.58. The average Bonchev–Trinajstić information content (AvgIpc) is 3.30. The number of hydrogen-bond donors (Lipinski definition) is 1. The molecule has 1 aliphatic rings. The van der Waals surface area contributed by atoms with Gasteiger partial charge >= 0.3 is 0 Å². The maximum atomic E-state index is 13.5. The van der Waals surface area contributed by atoms with Crippen LogP contribution in [0.5, 0.6) is 5.75 Å². The van der Waals surface area contributed by atoms with Crippen LogP contribution in [-0.2, 0) is 14.8 Å². The van der Waals surface area contributed by atoms with Gasteiger partial charge in [-0.15, -0.1) is 0 Å². The Kier molecular flexibility index (Phi) is 6.21. The fourth-order valence-electron chi connectivity index (χ4n) is 3.28. The molecule has 1 aromatic heterocycles. The van der Waals surface area contributed by atoms with E-state index in [9.17, 15) is 17.6 Å². The molecule has 32 heavy (non-hydrogen) atoms. The molecule has 2 aromatic carbocycles. The molecule has 0 aliphatic carbocycles. The number of halogens is 1. The monoisotopic (exact) mass is 460 g/mol. The highest BCUT2D eigenvalue weighted by atomic mass is 32.2. The smallest absolute Gasteiger partial charge is 0.276 e. The number of morpholine rings is 1. The summed E-state index contributed by atoms with van der Waals surface area (Å²) in [6.45, 7) is 1.17. The second-order valence-electron chi connectivity index (χ2n) is 6.96. The van der Waals surface area contributed by atoms with E-state index in [0.717, 1.165) is 0 Å². The summed E-state index contributed by atoms with van der Waals surface area (Å²) < 4.78 is 52.6. The van der Waals surface area contributed by atoms with Gasteiger partial charge in [0, 0.05) is 19.3 Å². The Morgan fingerprint density at radius 1 is 1.16 bits per heavy atom. The largest absolute Gasteiger partial charge is 0.495 e. The predicted octanol–water partition coefficient (Wildman–Crippen LogP) is 2.29. The number of carbonyl (C=O) groups excluding carboxylic acids is 1. The average molecular weight is 460 g/mol. The fraction of sp³-hybridized carbons (Fsp3) is 0.238. The van der Waals surface area contributed by atoms with E-state index < -0.39 is 21.7 Å². The van der Waals surface area contributed by atoms with E-state index in [1.54, 1.807) is 6.07 Å². The number of carbonyl (C=O) groups is 1. The molecule has 9 nitrogen and oxygen atoms in total. The predicted molar refractivity (Wildman–Crippen MR) is 114 cm³/mol. The minimum Gasteiger partial charge on any atom is -0.495 e. The number of aromatic nitrogens is 2. The van der Waals surface area contributed by atoms with Gasteiger partial charge in [0.15, 0.2) is 5.69 Å². The van der Waals surface area contributed by atoms with Gasteiger partial charge in [-0.05, 0) is 42.5 Å². The first-order valence-electron chi connectivity index (χ1n) is 9.77. The number of hydrogen-bond acceptors (Lipinski definition) is 6. The van der Waals surface area contributed by atoms with Crippen molar-refractivity contribution in [2.45, 2.75) is 4.90 Å². The summed E-state index contributed by atoms with van der Waals surface area (Å²) in [6.07, 6.45) is 1.53. The lowest BCUT2D eigenvalue weighted by atomic mass is 10.2. The van der Waals surface area contributed by atoms with Gasteiger partial charge in [-0.2, -0.15) is 9.40 Å². The van der Waals surface area contributed by atoms with Crippen LogP contribution in [0.4, 0.5) is 10.1 Å². The third-order valence-electron chi connectivity index (χ3n) is 4.92. The van der Waals surface area contributed by atoms with E-state index in [4.69, 9.17) is 9.47 Å². The zero-order valence-electron chi connectivity index (χ0n) is 17.2. The SMILES string of the molecule is COc1ccc(S(=O)(=O)N2CCOCC2)cc1NC(=O)c1ccn(-c2cccc(F)c2)n1. The molecule has 3 aromatic rings. The number of benzene rings is 2. The van der Waals surface area contributed by atoms with Crippen molar-refractivity contribution in [1.29, 1.82) is 0 Å². The molecule has 1 amide bonds. The highest BCUT2D eigenvalue weighted by Gasteiger charge is 2.27. The van der Waals surface area contributed by atoms with Crippen LogP contribution >= 0.6 is 0 Å². The molecule has 0 saturated carbocycles. The van der Waals surface area contributed by atoms with Crippen molar-refractivity contribution < 1.29 is 27.1 Å². The van der Waals surface area contributed by atoms with Crippen molar-refractivity contribution in [3.05, 3.63) is 66.2 Å². The van der Waals surface area contributed by atoms with Crippen molar-refractivity contribution in [2.24, 2.45) is 0 Å². The van der Waals surface area contributed by atoms with Gasteiger partial charge in [0.05, 0.1) is 36.6 Å². The molecule has 0 atom stereocenters. The third-order valence-corrected chi connectivity index (χ3v) is 6.82. The molecule has 0 bridgehead atoms. The van der Waals surface area contributed by atoms with Gasteiger partial charge in [0.25, 0.3) is 5.91 Å². The summed E-state index contributed by atoms with van der Waals surface area (Å²) in [7, 11) is -2.34. The summed E-state index contributed by atoms with van der Waals surface area (Å²) in [5, 5.41) is 6.82. The quantitative estimate of drug-likeness (QED) is 0.606. The van der Waals surface area contributed by atoms with Crippen molar-refractivity contribution in [2.75, 3.05) is 38.7 Å². The standard InChI is InChI=1S/C21H21FN4O5S/c1-30-20-6-5-17(32(28,29)25-9-11-31-12-10-25)14-19(20)23-21(27)18-7-8-26(24-18)16-4-2-3-15(22)13-16/h2-8,13-14H,9-12H2,1H3,(H,23,27). The Bertz CT molecular complexity index is 1240. The van der Waals surface area contributed by atoms with Crippen LogP contribution < -0.4 is 10.1 Å². The van der Waals surface area contributed by atoms with E-state index in [1.807, 2.05) is 0 Å². The van der Waals surface area contributed by atoms with Crippen LogP contribution in [0.2, 0.25) is 0 Å². The van der Waals surface area contributed by atoms with Gasteiger partial charge in [-0.1, -0.05) is 6.07 Å². The zero-order chi connectivity index (χ0) is 22.7. The van der Waals surface area contributed by atoms with Gasteiger partial charge in [0.1, 0.15) is 11.6 Å². The summed E-state index contributed by atoms with van der Waals surface area (Å²) in [4.78, 5) is 12.8. The minimum atomic E-state index is -3.75. The maximum absolute atomic E-state index is 13.5. The Morgan fingerprint density at radius 3 is 2.66 bits per heavy atom. The van der Waals surface area contributed by atoms with E-state index in [2.05, 4.69) is 10.4 Å². The molecule has 11 heteroatoms. The first kappa shape index (κ1) is 21.9. The van der Waals surface area contributed by atoms with E-state index in [-0.39, 0.29) is 29.4 Å². The van der Waals surface area contributed by atoms with E-state index >= 15 is 0 Å². The number of anilines is 1. The molecule has 0 radical (unpaired) electrons. The molecular weight excluding hydrogens is 439 g/mol. The van der Waals surface area contributed by atoms with Crippen LogP contribution in [0.1, 0.15) is 10.5 Å². The zero-order valence-corrected chi connectivity index (χ0v) is 18.0. The summed E-state index contributed by atoms with van der Waals surface area (Å²) in [5.74, 6) is -0.699. The number of sulfonamides is 1. The van der Waals surface area contributed by atoms with Gasteiger partial charge in [0.2, 0.25) is 10.0 Å². The van der Waals surface area contributed by atoms with E-state index in [1.165, 1.54) is 64.8 Å². The van der Waals surface area contributed by atoms with Crippen LogP contribution in [0, 0.1) is 5.82 Å². The lowest BCUT2D eigenvalue weighted by Crippen LogP contribution is -2.40. The van der Waals surface area contributed by atoms with Crippen molar-refractivity contribution >= 4 is 21.6 Å². The highest BCUT2D eigenvalue weighted by Crippen LogP contribution is 2.29. The molecule has 4 rings (SSSR count). The summed E-state index contributed by atoms with van der Waals surface area (Å²) in [5.41, 5.74) is 0.713. The summed E-state index contributed by atoms with van der Waals surface area (Å²) in [6, 6.07) is 11.5. The molecule has 1 saturated heterocycles. The lowest BCUT2D eigenvalue weighted by Gasteiger charge is -2.26. The topological polar surface area (TPSA) is 103 Å². The number of methoxy groups -OCH3 is 1. The van der Waals surface area contributed by atoms with Crippen molar-refractivity contribution in [1.82, 2.24) is 14.1 Å². The fourth-order valence-corrected chi connectivity index (χ4v) is 4.71. The molecule has 0 unspecified atom stereocenters. The van der Waals surface area contributed by atoms with Gasteiger partial charge in [-0.25, -0.2) is 17.5 Å². The first-order chi connectivity index (χ1) is 15.4. The lowest BCUT2D eigenvalue weighted by molar-refractivity contribution is 0.0730. The van der Waals surface area contributed by atoms with Gasteiger partial charge in [-0.3, -0.25) is 4.79 Å². The molecule has 0 spiro atoms. The molecule has 1 N–H and O–H groups in total. The van der Waals surface area contributed by atoms with Crippen LogP contribution in [-0.4, -0.2) is 61.8 Å². The Hall–Kier alpha value is -3.28. The van der Waals surface area contributed by atoms with Crippen molar-refractivity contribution in [3.8, 4) is 11.4 Å². The van der Waals surface area contributed by atoms with Crippen LogP contribution in [0.25, 0.3) is 5.69 Å². The first-order valence-corrected chi connectivity index (χ1v) is 11.2. The van der Waals surface area contributed by atoms with Gasteiger partial charge < -0.3 is 14.8 Å². The Morgan fingerprint density at radius 2 is 1.94 bits per heavy atom. The third kappa shape index (κ3) is 4.49. The number of amides is 1. The second kappa shape index (κ2) is 9.07. The molecule has 2 heterocycles. The molecule has 1 fully saturated rings. The van der Waals surface area contributed by atoms with E-state index in [0.29, 0.717) is 24.7 Å². The van der Waals surface area contributed by atoms with Crippen LogP contribution in [0.15, 0.2) is 59.6 Å². The Labute approximate surface area is 184 Å². The molecule has 168 valence electrons. The number of nitrogens with zero attached hydrogens (tertiary/aromatic N) is 3. The van der Waals surface area contributed by atoms with Crippen molar-refractivity contribution in [3.63, 3.8) is 0 Å². The molecular formula is C21H21FN4O5S. The number of nitrogens with one attached hydrogen (secondary N) is 1. The summed E-state index contributed by atoms with van der Waals surface area (Å²) >= 11 is 0. The second-order valence-corrected chi connectivity index (χ2v) is 8.90. The number of ether oxygens (including phenoxy) is 2. The normalized spacial score (nSPS) is 14.8. The minimum absolute atomic E-state index is 0.0285. The maximum Gasteiger partial charge on any atom is 0.276 e. The number of rotatable bonds is 6. The molecule has 1 aliphatic heterocycles.